The summed E-state index contributed by atoms with van der Waals surface area (Å²) in [6.07, 6.45) is 8.90. The minimum absolute atomic E-state index is 0.266. The summed E-state index contributed by atoms with van der Waals surface area (Å²) in [6.45, 7) is 2.91. The predicted octanol–water partition coefficient (Wildman–Crippen LogP) is 1.02. The molecule has 3 atom stereocenters. The SMILES string of the molecule is O=C(NCCNC1CCCC1C1CCCN1)C1CC1. The molecule has 1 aliphatic heterocycles. The number of nitrogens with one attached hydrogen (secondary N) is 3. The van der Waals surface area contributed by atoms with Crippen LogP contribution in [0, 0.1) is 11.8 Å². The van der Waals surface area contributed by atoms with E-state index in [1.54, 1.807) is 0 Å². The van der Waals surface area contributed by atoms with Crippen LogP contribution in [0.2, 0.25) is 0 Å². The molecule has 108 valence electrons. The molecule has 1 amide bonds. The van der Waals surface area contributed by atoms with E-state index in [4.69, 9.17) is 0 Å². The van der Waals surface area contributed by atoms with Gasteiger partial charge in [-0.15, -0.1) is 0 Å². The van der Waals surface area contributed by atoms with Gasteiger partial charge >= 0.3 is 0 Å². The van der Waals surface area contributed by atoms with Crippen molar-refractivity contribution in [3.8, 4) is 0 Å². The molecule has 0 aromatic rings. The summed E-state index contributed by atoms with van der Waals surface area (Å²) in [5, 5.41) is 10.4. The molecule has 2 saturated carbocycles. The number of rotatable bonds is 6. The van der Waals surface area contributed by atoms with Crippen LogP contribution in [0.4, 0.5) is 0 Å². The highest BCUT2D eigenvalue weighted by Crippen LogP contribution is 2.31. The van der Waals surface area contributed by atoms with Crippen molar-refractivity contribution in [3.63, 3.8) is 0 Å². The zero-order valence-corrected chi connectivity index (χ0v) is 11.8. The second-order valence-electron chi connectivity index (χ2n) is 6.42. The van der Waals surface area contributed by atoms with Crippen LogP contribution >= 0.6 is 0 Å². The second-order valence-corrected chi connectivity index (χ2v) is 6.42. The van der Waals surface area contributed by atoms with Gasteiger partial charge < -0.3 is 16.0 Å². The molecule has 3 fully saturated rings. The van der Waals surface area contributed by atoms with E-state index in [0.717, 1.165) is 37.9 Å². The third-order valence-corrected chi connectivity index (χ3v) is 4.96. The maximum absolute atomic E-state index is 11.5. The van der Waals surface area contributed by atoms with Crippen molar-refractivity contribution in [2.24, 2.45) is 11.8 Å². The van der Waals surface area contributed by atoms with Gasteiger partial charge in [-0.3, -0.25) is 4.79 Å². The van der Waals surface area contributed by atoms with Gasteiger partial charge in [-0.05, 0) is 51.0 Å². The standard InChI is InChI=1S/C15H27N3O/c19-15(11-6-7-11)18-10-9-17-13-4-1-3-12(13)14-5-2-8-16-14/h11-14,16-17H,1-10H2,(H,18,19). The van der Waals surface area contributed by atoms with Gasteiger partial charge in [0.15, 0.2) is 0 Å². The fourth-order valence-corrected chi connectivity index (χ4v) is 3.73. The highest BCUT2D eigenvalue weighted by Gasteiger charge is 2.34. The number of hydrogen-bond acceptors (Lipinski definition) is 3. The summed E-state index contributed by atoms with van der Waals surface area (Å²) < 4.78 is 0. The average Bonchev–Trinajstić information content (AvgIpc) is 2.94. The van der Waals surface area contributed by atoms with Crippen molar-refractivity contribution in [1.29, 1.82) is 0 Å². The first-order valence-electron chi connectivity index (χ1n) is 8.09. The summed E-state index contributed by atoms with van der Waals surface area (Å²) in [6, 6.07) is 1.40. The molecule has 1 saturated heterocycles. The van der Waals surface area contributed by atoms with Crippen molar-refractivity contribution in [2.75, 3.05) is 19.6 Å². The fourth-order valence-electron chi connectivity index (χ4n) is 3.73. The van der Waals surface area contributed by atoms with E-state index in [0.29, 0.717) is 12.0 Å². The van der Waals surface area contributed by atoms with Gasteiger partial charge in [0, 0.05) is 31.1 Å². The van der Waals surface area contributed by atoms with Crippen LogP contribution in [0.1, 0.15) is 44.9 Å². The first kappa shape index (κ1) is 13.4. The zero-order chi connectivity index (χ0) is 13.1. The van der Waals surface area contributed by atoms with Crippen LogP contribution < -0.4 is 16.0 Å². The monoisotopic (exact) mass is 265 g/mol. The molecule has 0 spiro atoms. The fraction of sp³-hybridized carbons (Fsp3) is 0.933. The van der Waals surface area contributed by atoms with Crippen LogP contribution in [0.25, 0.3) is 0 Å². The third-order valence-electron chi connectivity index (χ3n) is 4.96. The van der Waals surface area contributed by atoms with E-state index in [1.165, 1.54) is 38.6 Å². The molecule has 2 aliphatic carbocycles. The Hall–Kier alpha value is -0.610. The van der Waals surface area contributed by atoms with Crippen LogP contribution in [0.3, 0.4) is 0 Å². The summed E-state index contributed by atoms with van der Waals surface area (Å²) in [5.74, 6) is 1.41. The van der Waals surface area contributed by atoms with E-state index in [9.17, 15) is 4.79 Å². The number of amides is 1. The quantitative estimate of drug-likeness (QED) is 0.629. The van der Waals surface area contributed by atoms with Crippen LogP contribution in [0.15, 0.2) is 0 Å². The Kier molecular flexibility index (Phi) is 4.38. The highest BCUT2D eigenvalue weighted by molar-refractivity contribution is 5.80. The second kappa shape index (κ2) is 6.23. The summed E-state index contributed by atoms with van der Waals surface area (Å²) in [7, 11) is 0. The number of carbonyl (C=O) groups is 1. The zero-order valence-electron chi connectivity index (χ0n) is 11.8. The molecule has 19 heavy (non-hydrogen) atoms. The van der Waals surface area contributed by atoms with Gasteiger partial charge in [0.25, 0.3) is 0 Å². The first-order valence-corrected chi connectivity index (χ1v) is 8.09. The lowest BCUT2D eigenvalue weighted by Gasteiger charge is -2.26. The molecular weight excluding hydrogens is 238 g/mol. The Morgan fingerprint density at radius 2 is 1.95 bits per heavy atom. The molecule has 0 bridgehead atoms. The van der Waals surface area contributed by atoms with E-state index >= 15 is 0 Å². The number of hydrogen-bond donors (Lipinski definition) is 3. The van der Waals surface area contributed by atoms with Gasteiger partial charge in [-0.1, -0.05) is 6.42 Å². The predicted molar refractivity (Wildman–Crippen MR) is 75.9 cm³/mol. The summed E-state index contributed by atoms with van der Waals surface area (Å²) in [4.78, 5) is 11.5. The first-order chi connectivity index (χ1) is 9.34. The molecule has 4 heteroatoms. The smallest absolute Gasteiger partial charge is 0.223 e. The van der Waals surface area contributed by atoms with Crippen molar-refractivity contribution in [2.45, 2.75) is 57.0 Å². The molecule has 0 aromatic carbocycles. The van der Waals surface area contributed by atoms with E-state index in [1.807, 2.05) is 0 Å². The Morgan fingerprint density at radius 3 is 2.68 bits per heavy atom. The maximum Gasteiger partial charge on any atom is 0.223 e. The minimum Gasteiger partial charge on any atom is -0.355 e. The molecular formula is C15H27N3O. The highest BCUT2D eigenvalue weighted by atomic mass is 16.2. The summed E-state index contributed by atoms with van der Waals surface area (Å²) >= 11 is 0. The Morgan fingerprint density at radius 1 is 1.05 bits per heavy atom. The van der Waals surface area contributed by atoms with Crippen LogP contribution in [0.5, 0.6) is 0 Å². The molecule has 1 heterocycles. The topological polar surface area (TPSA) is 53.2 Å². The van der Waals surface area contributed by atoms with Crippen molar-refractivity contribution >= 4 is 5.91 Å². The van der Waals surface area contributed by atoms with E-state index in [2.05, 4.69) is 16.0 Å². The van der Waals surface area contributed by atoms with Crippen molar-refractivity contribution < 1.29 is 4.79 Å². The minimum atomic E-state index is 0.266. The van der Waals surface area contributed by atoms with Gasteiger partial charge in [-0.25, -0.2) is 0 Å². The molecule has 3 unspecified atom stereocenters. The molecule has 3 aliphatic rings. The largest absolute Gasteiger partial charge is 0.355 e. The Labute approximate surface area is 116 Å². The van der Waals surface area contributed by atoms with Gasteiger partial charge in [0.2, 0.25) is 5.91 Å². The van der Waals surface area contributed by atoms with Gasteiger partial charge in [-0.2, -0.15) is 0 Å². The molecule has 0 radical (unpaired) electrons. The van der Waals surface area contributed by atoms with Gasteiger partial charge in [0.1, 0.15) is 0 Å². The van der Waals surface area contributed by atoms with Crippen molar-refractivity contribution in [1.82, 2.24) is 16.0 Å². The molecule has 4 nitrogen and oxygen atoms in total. The lowest BCUT2D eigenvalue weighted by atomic mass is 9.93. The van der Waals surface area contributed by atoms with Crippen molar-refractivity contribution in [3.05, 3.63) is 0 Å². The molecule has 3 rings (SSSR count). The lowest BCUT2D eigenvalue weighted by molar-refractivity contribution is -0.122. The maximum atomic E-state index is 11.5. The third kappa shape index (κ3) is 3.48. The molecule has 0 aromatic heterocycles. The Bertz CT molecular complexity index is 311. The van der Waals surface area contributed by atoms with E-state index < -0.39 is 0 Å². The normalized spacial score (nSPS) is 34.6. The van der Waals surface area contributed by atoms with Gasteiger partial charge in [0.05, 0.1) is 0 Å². The lowest BCUT2D eigenvalue weighted by Crippen LogP contribution is -2.44. The Balaban J connectivity index is 1.35. The molecule has 3 N–H and O–H groups in total. The number of carbonyl (C=O) groups excluding carboxylic acids is 1. The van der Waals surface area contributed by atoms with Crippen LogP contribution in [-0.4, -0.2) is 37.6 Å². The van der Waals surface area contributed by atoms with Crippen LogP contribution in [-0.2, 0) is 4.79 Å². The average molecular weight is 265 g/mol. The van der Waals surface area contributed by atoms with E-state index in [-0.39, 0.29) is 5.91 Å². The summed E-state index contributed by atoms with van der Waals surface area (Å²) in [5.41, 5.74) is 0.